The Morgan fingerprint density at radius 2 is 1.92 bits per heavy atom. The Labute approximate surface area is 144 Å². The van der Waals surface area contributed by atoms with Crippen molar-refractivity contribution in [3.05, 3.63) is 46.8 Å². The van der Waals surface area contributed by atoms with Gasteiger partial charge in [0.1, 0.15) is 11.5 Å². The van der Waals surface area contributed by atoms with Crippen molar-refractivity contribution in [1.29, 1.82) is 0 Å². The number of ether oxygens (including phenoxy) is 1. The van der Waals surface area contributed by atoms with Crippen LogP contribution >= 0.6 is 11.8 Å². The van der Waals surface area contributed by atoms with Crippen LogP contribution in [0.4, 0.5) is 0 Å². The first kappa shape index (κ1) is 17.9. The lowest BCUT2D eigenvalue weighted by Gasteiger charge is -2.08. The van der Waals surface area contributed by atoms with Gasteiger partial charge in [0.25, 0.3) is 5.91 Å². The molecule has 0 radical (unpaired) electrons. The van der Waals surface area contributed by atoms with Crippen molar-refractivity contribution in [3.63, 3.8) is 0 Å². The number of carbonyl (C=O) groups is 2. The molecule has 2 aromatic rings. The predicted octanol–water partition coefficient (Wildman–Crippen LogP) is 1.99. The summed E-state index contributed by atoms with van der Waals surface area (Å²) in [6.45, 7) is 3.70. The normalized spacial score (nSPS) is 10.3. The Balaban J connectivity index is 1.73. The van der Waals surface area contributed by atoms with Gasteiger partial charge < -0.3 is 9.26 Å². The van der Waals surface area contributed by atoms with Crippen molar-refractivity contribution in [1.82, 2.24) is 16.0 Å². The van der Waals surface area contributed by atoms with Crippen LogP contribution in [0.15, 0.2) is 28.8 Å². The maximum Gasteiger partial charge on any atom is 0.269 e. The fourth-order valence-corrected chi connectivity index (χ4v) is 2.91. The van der Waals surface area contributed by atoms with Crippen LogP contribution < -0.4 is 15.6 Å². The summed E-state index contributed by atoms with van der Waals surface area (Å²) in [4.78, 5) is 23.7. The molecule has 0 aliphatic carbocycles. The van der Waals surface area contributed by atoms with Crippen LogP contribution in [-0.2, 0) is 10.5 Å². The van der Waals surface area contributed by atoms with Crippen molar-refractivity contribution in [2.24, 2.45) is 0 Å². The van der Waals surface area contributed by atoms with E-state index in [0.29, 0.717) is 17.1 Å². The maximum atomic E-state index is 11.9. The minimum absolute atomic E-state index is 0.215. The Hall–Kier alpha value is -2.48. The van der Waals surface area contributed by atoms with Gasteiger partial charge >= 0.3 is 0 Å². The highest BCUT2D eigenvalue weighted by atomic mass is 32.2. The fourth-order valence-electron chi connectivity index (χ4n) is 1.93. The Morgan fingerprint density at radius 3 is 2.50 bits per heavy atom. The lowest BCUT2D eigenvalue weighted by Crippen LogP contribution is -2.42. The largest absolute Gasteiger partial charge is 0.497 e. The summed E-state index contributed by atoms with van der Waals surface area (Å²) in [5.74, 6) is 1.59. The molecular weight excluding hydrogens is 330 g/mol. The van der Waals surface area contributed by atoms with Crippen molar-refractivity contribution in [3.8, 4) is 5.75 Å². The van der Waals surface area contributed by atoms with E-state index in [9.17, 15) is 9.59 Å². The van der Waals surface area contributed by atoms with E-state index in [0.717, 1.165) is 17.0 Å². The van der Waals surface area contributed by atoms with Crippen LogP contribution in [0.5, 0.6) is 5.75 Å². The predicted molar refractivity (Wildman–Crippen MR) is 90.7 cm³/mol. The first-order chi connectivity index (χ1) is 11.5. The molecule has 1 aromatic heterocycles. The summed E-state index contributed by atoms with van der Waals surface area (Å²) in [6.07, 6.45) is 0. The number of aromatic nitrogens is 1. The number of benzene rings is 1. The number of carbonyl (C=O) groups excluding carboxylic acids is 2. The molecule has 24 heavy (non-hydrogen) atoms. The van der Waals surface area contributed by atoms with Gasteiger partial charge in [-0.1, -0.05) is 5.16 Å². The molecule has 0 spiro atoms. The zero-order valence-electron chi connectivity index (χ0n) is 13.7. The number of hydrogen-bond acceptors (Lipinski definition) is 6. The minimum atomic E-state index is -0.387. The second-order valence-electron chi connectivity index (χ2n) is 5.03. The summed E-state index contributed by atoms with van der Waals surface area (Å²) in [7, 11) is 1.55. The molecule has 8 heteroatoms. The number of aryl methyl sites for hydroxylation is 2. The second-order valence-corrected chi connectivity index (χ2v) is 6.01. The number of amides is 2. The minimum Gasteiger partial charge on any atom is -0.497 e. The number of thioether (sulfide) groups is 1. The second kappa shape index (κ2) is 8.39. The molecule has 0 saturated carbocycles. The molecular formula is C16H19N3O4S. The molecule has 2 amide bonds. The van der Waals surface area contributed by atoms with E-state index in [-0.39, 0.29) is 17.6 Å². The first-order valence-electron chi connectivity index (χ1n) is 7.24. The third-order valence-corrected chi connectivity index (χ3v) is 4.29. The van der Waals surface area contributed by atoms with E-state index >= 15 is 0 Å². The SMILES string of the molecule is COc1ccc(C(=O)NNC(=O)CSCc2c(C)noc2C)cc1. The fraction of sp³-hybridized carbons (Fsp3) is 0.312. The molecule has 0 aliphatic heterocycles. The molecule has 0 aliphatic rings. The number of rotatable bonds is 6. The summed E-state index contributed by atoms with van der Waals surface area (Å²) >= 11 is 1.42. The van der Waals surface area contributed by atoms with Gasteiger partial charge in [-0.3, -0.25) is 20.4 Å². The Bertz CT molecular complexity index is 693. The van der Waals surface area contributed by atoms with E-state index in [1.807, 2.05) is 13.8 Å². The highest BCUT2D eigenvalue weighted by Crippen LogP contribution is 2.19. The molecule has 0 fully saturated rings. The van der Waals surface area contributed by atoms with Crippen molar-refractivity contribution >= 4 is 23.6 Å². The molecule has 0 saturated heterocycles. The van der Waals surface area contributed by atoms with Gasteiger partial charge in [0, 0.05) is 16.9 Å². The highest BCUT2D eigenvalue weighted by molar-refractivity contribution is 7.99. The standard InChI is InChI=1S/C16H19N3O4S/c1-10-14(11(2)23-19-10)8-24-9-15(20)17-18-16(21)12-4-6-13(22-3)7-5-12/h4-7H,8-9H2,1-3H3,(H,17,20)(H,18,21). The molecule has 1 aromatic carbocycles. The lowest BCUT2D eigenvalue weighted by molar-refractivity contribution is -0.119. The van der Waals surface area contributed by atoms with Crippen LogP contribution in [0.25, 0.3) is 0 Å². The summed E-state index contributed by atoms with van der Waals surface area (Å²) in [6, 6.07) is 6.59. The smallest absolute Gasteiger partial charge is 0.269 e. The van der Waals surface area contributed by atoms with E-state index in [2.05, 4.69) is 16.0 Å². The molecule has 7 nitrogen and oxygen atoms in total. The van der Waals surface area contributed by atoms with Gasteiger partial charge in [0.15, 0.2) is 0 Å². The maximum absolute atomic E-state index is 11.9. The van der Waals surface area contributed by atoms with E-state index in [4.69, 9.17) is 9.26 Å². The van der Waals surface area contributed by atoms with Gasteiger partial charge in [0.2, 0.25) is 5.91 Å². The van der Waals surface area contributed by atoms with Crippen molar-refractivity contribution in [2.75, 3.05) is 12.9 Å². The lowest BCUT2D eigenvalue weighted by atomic mass is 10.2. The third-order valence-electron chi connectivity index (χ3n) is 3.33. The third kappa shape index (κ3) is 4.76. The highest BCUT2D eigenvalue weighted by Gasteiger charge is 2.11. The molecule has 1 heterocycles. The quantitative estimate of drug-likeness (QED) is 0.775. The summed E-state index contributed by atoms with van der Waals surface area (Å²) in [5.41, 5.74) is 7.02. The summed E-state index contributed by atoms with van der Waals surface area (Å²) in [5, 5.41) is 3.86. The van der Waals surface area contributed by atoms with Gasteiger partial charge in [-0.05, 0) is 38.1 Å². The van der Waals surface area contributed by atoms with Gasteiger partial charge in [-0.2, -0.15) is 0 Å². The Morgan fingerprint density at radius 1 is 1.21 bits per heavy atom. The number of nitrogens with zero attached hydrogens (tertiary/aromatic N) is 1. The Kier molecular flexibility index (Phi) is 6.25. The van der Waals surface area contributed by atoms with Crippen molar-refractivity contribution < 1.29 is 18.8 Å². The average Bonchev–Trinajstić information content (AvgIpc) is 2.91. The van der Waals surface area contributed by atoms with Crippen LogP contribution in [0.3, 0.4) is 0 Å². The van der Waals surface area contributed by atoms with Crippen LogP contribution in [0.2, 0.25) is 0 Å². The molecule has 0 atom stereocenters. The number of hydrazine groups is 1. The van der Waals surface area contributed by atoms with Gasteiger partial charge in [0.05, 0.1) is 18.6 Å². The molecule has 128 valence electrons. The zero-order valence-corrected chi connectivity index (χ0v) is 14.5. The van der Waals surface area contributed by atoms with E-state index in [1.54, 1.807) is 31.4 Å². The van der Waals surface area contributed by atoms with Crippen LogP contribution in [0, 0.1) is 13.8 Å². The van der Waals surface area contributed by atoms with Gasteiger partial charge in [-0.15, -0.1) is 11.8 Å². The van der Waals surface area contributed by atoms with Crippen LogP contribution in [0.1, 0.15) is 27.4 Å². The van der Waals surface area contributed by atoms with Crippen LogP contribution in [-0.4, -0.2) is 29.8 Å². The molecule has 2 rings (SSSR count). The number of methoxy groups -OCH3 is 1. The molecule has 2 N–H and O–H groups in total. The van der Waals surface area contributed by atoms with E-state index < -0.39 is 0 Å². The monoisotopic (exact) mass is 349 g/mol. The number of hydrogen-bond donors (Lipinski definition) is 2. The zero-order chi connectivity index (χ0) is 17.5. The average molecular weight is 349 g/mol. The van der Waals surface area contributed by atoms with Crippen molar-refractivity contribution in [2.45, 2.75) is 19.6 Å². The molecule has 0 bridgehead atoms. The topological polar surface area (TPSA) is 93.5 Å². The van der Waals surface area contributed by atoms with Gasteiger partial charge in [-0.25, -0.2) is 0 Å². The summed E-state index contributed by atoms with van der Waals surface area (Å²) < 4.78 is 10.1. The van der Waals surface area contributed by atoms with E-state index in [1.165, 1.54) is 11.8 Å². The number of nitrogens with one attached hydrogen (secondary N) is 2. The molecule has 0 unspecified atom stereocenters. The first-order valence-corrected chi connectivity index (χ1v) is 8.39.